The van der Waals surface area contributed by atoms with Crippen LogP contribution in [0.4, 0.5) is 10.5 Å². The largest absolute Gasteiger partial charge is 0.512 e. The van der Waals surface area contributed by atoms with E-state index < -0.39 is 16.2 Å². The number of anilines is 1. The van der Waals surface area contributed by atoms with E-state index in [1.807, 2.05) is 30.3 Å². The van der Waals surface area contributed by atoms with E-state index in [4.69, 9.17) is 9.84 Å². The third-order valence-corrected chi connectivity index (χ3v) is 5.68. The molecule has 25 heavy (non-hydrogen) atoms. The predicted molar refractivity (Wildman–Crippen MR) is 95.7 cm³/mol. The summed E-state index contributed by atoms with van der Waals surface area (Å²) in [6, 6.07) is 18.6. The average Bonchev–Trinajstić information content (AvgIpc) is 2.98. The molecule has 0 aliphatic heterocycles. The first-order valence-electron chi connectivity index (χ1n) is 7.13. The van der Waals surface area contributed by atoms with Gasteiger partial charge in [0.15, 0.2) is 0 Å². The fourth-order valence-electron chi connectivity index (χ4n) is 2.15. The van der Waals surface area contributed by atoms with E-state index in [-0.39, 0.29) is 15.6 Å². The first-order chi connectivity index (χ1) is 12.0. The molecule has 0 bridgehead atoms. The molecule has 0 saturated carbocycles. The molecule has 6 nitrogen and oxygen atoms in total. The maximum Gasteiger partial charge on any atom is 0.512 e. The van der Waals surface area contributed by atoms with Crippen LogP contribution in [0.15, 0.2) is 71.6 Å². The summed E-state index contributed by atoms with van der Waals surface area (Å²) >= 11 is 1.05. The number of nitrogens with one attached hydrogen (secondary N) is 1. The average molecular weight is 375 g/mol. The van der Waals surface area contributed by atoms with Gasteiger partial charge in [0, 0.05) is 4.88 Å². The molecule has 1 heterocycles. The Morgan fingerprint density at radius 1 is 1.00 bits per heavy atom. The zero-order valence-corrected chi connectivity index (χ0v) is 14.4. The summed E-state index contributed by atoms with van der Waals surface area (Å²) in [7, 11) is -3.86. The standard InChI is InChI=1S/C17H13NO5S2/c19-17(20)23-16-14(11-15(24-16)12-7-3-1-4-8-12)18-25(21,22)13-9-5-2-6-10-13/h1-11,18H,(H,19,20). The molecule has 2 N–H and O–H groups in total. The number of sulfonamides is 1. The van der Waals surface area contributed by atoms with Crippen molar-refractivity contribution in [3.05, 3.63) is 66.7 Å². The lowest BCUT2D eigenvalue weighted by molar-refractivity contribution is 0.146. The Balaban J connectivity index is 2.00. The molecule has 0 spiro atoms. The number of ether oxygens (including phenoxy) is 1. The minimum Gasteiger partial charge on any atom is -0.449 e. The van der Waals surface area contributed by atoms with Gasteiger partial charge in [0.05, 0.1) is 4.90 Å². The first-order valence-corrected chi connectivity index (χ1v) is 9.43. The van der Waals surface area contributed by atoms with Crippen LogP contribution in [0.1, 0.15) is 0 Å². The number of hydrogen-bond donors (Lipinski definition) is 2. The molecular weight excluding hydrogens is 362 g/mol. The van der Waals surface area contributed by atoms with Crippen LogP contribution in [-0.4, -0.2) is 19.7 Å². The van der Waals surface area contributed by atoms with E-state index in [9.17, 15) is 13.2 Å². The molecule has 0 amide bonds. The maximum atomic E-state index is 12.5. The van der Waals surface area contributed by atoms with Crippen LogP contribution in [0, 0.1) is 0 Å². The number of carboxylic acid groups (broad SMARTS) is 1. The van der Waals surface area contributed by atoms with Crippen molar-refractivity contribution in [3.63, 3.8) is 0 Å². The Hall–Kier alpha value is -2.84. The molecule has 1 aromatic heterocycles. The molecule has 0 unspecified atom stereocenters. The lowest BCUT2D eigenvalue weighted by Gasteiger charge is -2.07. The summed E-state index contributed by atoms with van der Waals surface area (Å²) in [6.45, 7) is 0. The predicted octanol–water partition coefficient (Wildman–Crippen LogP) is 4.27. The van der Waals surface area contributed by atoms with Crippen molar-refractivity contribution in [3.8, 4) is 15.5 Å². The third-order valence-electron chi connectivity index (χ3n) is 3.23. The lowest BCUT2D eigenvalue weighted by Crippen LogP contribution is -2.13. The second kappa shape index (κ2) is 6.96. The van der Waals surface area contributed by atoms with Crippen molar-refractivity contribution in [2.75, 3.05) is 4.72 Å². The fraction of sp³-hybridized carbons (Fsp3) is 0. The monoisotopic (exact) mass is 375 g/mol. The third kappa shape index (κ3) is 3.98. The van der Waals surface area contributed by atoms with Crippen LogP contribution < -0.4 is 9.46 Å². The van der Waals surface area contributed by atoms with Crippen LogP contribution in [0.5, 0.6) is 5.06 Å². The number of benzene rings is 2. The number of thiophene rings is 1. The molecule has 3 aromatic rings. The van der Waals surface area contributed by atoms with Gasteiger partial charge in [-0.2, -0.15) is 0 Å². The van der Waals surface area contributed by atoms with Crippen molar-refractivity contribution in [2.24, 2.45) is 0 Å². The molecule has 0 saturated heterocycles. The normalized spacial score (nSPS) is 11.0. The topological polar surface area (TPSA) is 92.7 Å². The highest BCUT2D eigenvalue weighted by atomic mass is 32.2. The Kier molecular flexibility index (Phi) is 4.73. The van der Waals surface area contributed by atoms with Gasteiger partial charge in [-0.1, -0.05) is 59.9 Å². The van der Waals surface area contributed by atoms with Crippen molar-refractivity contribution < 1.29 is 23.1 Å². The van der Waals surface area contributed by atoms with Crippen molar-refractivity contribution in [1.82, 2.24) is 0 Å². The van der Waals surface area contributed by atoms with Crippen LogP contribution in [-0.2, 0) is 10.0 Å². The lowest BCUT2D eigenvalue weighted by atomic mass is 10.2. The second-order valence-electron chi connectivity index (χ2n) is 4.96. The van der Waals surface area contributed by atoms with Crippen LogP contribution >= 0.6 is 11.3 Å². The fourth-order valence-corrected chi connectivity index (χ4v) is 4.25. The summed E-state index contributed by atoms with van der Waals surface area (Å²) in [4.78, 5) is 11.7. The van der Waals surface area contributed by atoms with Gasteiger partial charge < -0.3 is 9.84 Å². The molecular formula is C17H13NO5S2. The zero-order valence-electron chi connectivity index (χ0n) is 12.7. The van der Waals surface area contributed by atoms with Gasteiger partial charge in [-0.05, 0) is 23.8 Å². The second-order valence-corrected chi connectivity index (χ2v) is 7.66. The highest BCUT2D eigenvalue weighted by Gasteiger charge is 2.21. The number of rotatable bonds is 5. The molecule has 128 valence electrons. The van der Waals surface area contributed by atoms with Gasteiger partial charge in [-0.3, -0.25) is 4.72 Å². The summed E-state index contributed by atoms with van der Waals surface area (Å²) in [5.74, 6) is 0. The van der Waals surface area contributed by atoms with Gasteiger partial charge in [0.25, 0.3) is 10.0 Å². The van der Waals surface area contributed by atoms with Crippen molar-refractivity contribution >= 4 is 33.2 Å². The molecule has 0 fully saturated rings. The van der Waals surface area contributed by atoms with Crippen molar-refractivity contribution in [1.29, 1.82) is 0 Å². The van der Waals surface area contributed by atoms with Crippen LogP contribution in [0.3, 0.4) is 0 Å². The summed E-state index contributed by atoms with van der Waals surface area (Å²) in [5, 5.41) is 8.86. The molecule has 0 aliphatic carbocycles. The minimum atomic E-state index is -3.86. The quantitative estimate of drug-likeness (QED) is 0.650. The summed E-state index contributed by atoms with van der Waals surface area (Å²) < 4.78 is 32.1. The summed E-state index contributed by atoms with van der Waals surface area (Å²) in [6.07, 6.45) is -1.51. The highest BCUT2D eigenvalue weighted by molar-refractivity contribution is 7.92. The molecule has 3 rings (SSSR count). The summed E-state index contributed by atoms with van der Waals surface area (Å²) in [5.41, 5.74) is 0.906. The first kappa shape index (κ1) is 17.0. The van der Waals surface area contributed by atoms with E-state index in [2.05, 4.69) is 4.72 Å². The Morgan fingerprint density at radius 3 is 2.20 bits per heavy atom. The van der Waals surface area contributed by atoms with Gasteiger partial charge in [-0.25, -0.2) is 13.2 Å². The number of carbonyl (C=O) groups is 1. The Bertz CT molecular complexity index is 982. The van der Waals surface area contributed by atoms with Gasteiger partial charge in [0.1, 0.15) is 5.69 Å². The van der Waals surface area contributed by atoms with Gasteiger partial charge in [0.2, 0.25) is 5.06 Å². The minimum absolute atomic E-state index is 0.0362. The van der Waals surface area contributed by atoms with Crippen LogP contribution in [0.25, 0.3) is 10.4 Å². The molecule has 0 radical (unpaired) electrons. The molecule has 0 atom stereocenters. The SMILES string of the molecule is O=C(O)Oc1sc(-c2ccccc2)cc1NS(=O)(=O)c1ccccc1. The Morgan fingerprint density at radius 2 is 1.60 bits per heavy atom. The van der Waals surface area contributed by atoms with E-state index >= 15 is 0 Å². The smallest absolute Gasteiger partial charge is 0.449 e. The molecule has 2 aromatic carbocycles. The van der Waals surface area contributed by atoms with Gasteiger partial charge in [-0.15, -0.1) is 0 Å². The Labute approximate surface area is 148 Å². The van der Waals surface area contributed by atoms with Gasteiger partial charge >= 0.3 is 6.16 Å². The molecule has 8 heteroatoms. The van der Waals surface area contributed by atoms with E-state index in [1.54, 1.807) is 24.3 Å². The highest BCUT2D eigenvalue weighted by Crippen LogP contribution is 2.41. The zero-order chi connectivity index (χ0) is 17.9. The van der Waals surface area contributed by atoms with E-state index in [0.29, 0.717) is 4.88 Å². The van der Waals surface area contributed by atoms with E-state index in [1.165, 1.54) is 12.1 Å². The maximum absolute atomic E-state index is 12.5. The van der Waals surface area contributed by atoms with Crippen molar-refractivity contribution in [2.45, 2.75) is 4.90 Å². The van der Waals surface area contributed by atoms with Crippen LogP contribution in [0.2, 0.25) is 0 Å². The number of hydrogen-bond acceptors (Lipinski definition) is 5. The van der Waals surface area contributed by atoms with E-state index in [0.717, 1.165) is 16.9 Å². The molecule has 0 aliphatic rings.